The van der Waals surface area contributed by atoms with Gasteiger partial charge >= 0.3 is 0 Å². The first-order valence-electron chi connectivity index (χ1n) is 6.92. The molecule has 0 aliphatic heterocycles. The monoisotopic (exact) mass is 289 g/mol. The van der Waals surface area contributed by atoms with Gasteiger partial charge in [-0.05, 0) is 30.2 Å². The van der Waals surface area contributed by atoms with Gasteiger partial charge in [0.2, 0.25) is 0 Å². The molecule has 1 amide bonds. The molecule has 110 valence electrons. The van der Waals surface area contributed by atoms with Crippen LogP contribution < -0.4 is 5.32 Å². The third kappa shape index (κ3) is 3.88. The van der Waals surface area contributed by atoms with Gasteiger partial charge in [-0.1, -0.05) is 43.7 Å². The molecule has 0 aliphatic carbocycles. The van der Waals surface area contributed by atoms with Crippen LogP contribution >= 0.6 is 0 Å². The lowest BCUT2D eigenvalue weighted by Gasteiger charge is -2.18. The Bertz CT molecular complexity index is 613. The van der Waals surface area contributed by atoms with Crippen molar-refractivity contribution < 1.29 is 13.6 Å². The van der Waals surface area contributed by atoms with Gasteiger partial charge in [0.1, 0.15) is 0 Å². The van der Waals surface area contributed by atoms with Crippen LogP contribution in [0.4, 0.5) is 8.78 Å². The highest BCUT2D eigenvalue weighted by molar-refractivity contribution is 5.94. The van der Waals surface area contributed by atoms with E-state index in [1.54, 1.807) is 0 Å². The lowest BCUT2D eigenvalue weighted by molar-refractivity contribution is 0.0934. The average molecular weight is 289 g/mol. The van der Waals surface area contributed by atoms with Crippen molar-refractivity contribution in [3.05, 3.63) is 71.3 Å². The number of benzene rings is 2. The highest BCUT2D eigenvalue weighted by Crippen LogP contribution is 2.19. The van der Waals surface area contributed by atoms with Crippen LogP contribution in [0.25, 0.3) is 0 Å². The topological polar surface area (TPSA) is 29.1 Å². The zero-order valence-electron chi connectivity index (χ0n) is 11.8. The second kappa shape index (κ2) is 6.97. The molecule has 0 bridgehead atoms. The minimum Gasteiger partial charge on any atom is -0.345 e. The van der Waals surface area contributed by atoms with Crippen LogP contribution in [0.2, 0.25) is 0 Å². The van der Waals surface area contributed by atoms with Gasteiger partial charge < -0.3 is 5.32 Å². The van der Waals surface area contributed by atoms with Crippen LogP contribution in [0.5, 0.6) is 0 Å². The Morgan fingerprint density at radius 2 is 1.81 bits per heavy atom. The van der Waals surface area contributed by atoms with Crippen LogP contribution in [0.1, 0.15) is 41.7 Å². The van der Waals surface area contributed by atoms with Crippen molar-refractivity contribution in [2.75, 3.05) is 0 Å². The molecule has 0 aliphatic rings. The molecule has 1 N–H and O–H groups in total. The van der Waals surface area contributed by atoms with Crippen LogP contribution in [0, 0.1) is 11.6 Å². The predicted octanol–water partition coefficient (Wildman–Crippen LogP) is 4.24. The molecule has 2 rings (SSSR count). The molecule has 0 radical (unpaired) electrons. The van der Waals surface area contributed by atoms with E-state index >= 15 is 0 Å². The Morgan fingerprint density at radius 3 is 2.43 bits per heavy atom. The lowest BCUT2D eigenvalue weighted by Crippen LogP contribution is -2.28. The van der Waals surface area contributed by atoms with Crippen LogP contribution in [-0.4, -0.2) is 5.91 Å². The molecule has 21 heavy (non-hydrogen) atoms. The molecule has 0 saturated heterocycles. The van der Waals surface area contributed by atoms with Crippen molar-refractivity contribution in [1.29, 1.82) is 0 Å². The molecule has 4 heteroatoms. The summed E-state index contributed by atoms with van der Waals surface area (Å²) in [7, 11) is 0. The van der Waals surface area contributed by atoms with Crippen molar-refractivity contribution in [2.24, 2.45) is 0 Å². The molecule has 1 atom stereocenters. The molecule has 2 nitrogen and oxygen atoms in total. The molecule has 0 fully saturated rings. The van der Waals surface area contributed by atoms with E-state index in [1.807, 2.05) is 37.3 Å². The van der Waals surface area contributed by atoms with Gasteiger partial charge in [-0.3, -0.25) is 4.79 Å². The van der Waals surface area contributed by atoms with Crippen molar-refractivity contribution >= 4 is 5.91 Å². The Morgan fingerprint density at radius 1 is 1.10 bits per heavy atom. The number of hydrogen-bond donors (Lipinski definition) is 1. The predicted molar refractivity (Wildman–Crippen MR) is 77.9 cm³/mol. The molecule has 0 heterocycles. The summed E-state index contributed by atoms with van der Waals surface area (Å²) in [5.41, 5.74) is 1.11. The number of halogens is 2. The van der Waals surface area contributed by atoms with Crippen molar-refractivity contribution in [3.8, 4) is 0 Å². The molecule has 1 unspecified atom stereocenters. The van der Waals surface area contributed by atoms with Crippen molar-refractivity contribution in [1.82, 2.24) is 5.32 Å². The number of amides is 1. The fourth-order valence-electron chi connectivity index (χ4n) is 2.18. The van der Waals surface area contributed by atoms with Crippen molar-refractivity contribution in [2.45, 2.75) is 25.8 Å². The van der Waals surface area contributed by atoms with Crippen LogP contribution in [0.3, 0.4) is 0 Å². The number of carbonyl (C=O) groups excluding carboxylic acids is 1. The maximum Gasteiger partial charge on any atom is 0.251 e. The van der Waals surface area contributed by atoms with E-state index in [2.05, 4.69) is 5.32 Å². The smallest absolute Gasteiger partial charge is 0.251 e. The summed E-state index contributed by atoms with van der Waals surface area (Å²) in [5.74, 6) is -2.38. The largest absolute Gasteiger partial charge is 0.345 e. The zero-order valence-corrected chi connectivity index (χ0v) is 11.8. The van der Waals surface area contributed by atoms with Gasteiger partial charge in [0.05, 0.1) is 6.04 Å². The molecule has 0 saturated carbocycles. The maximum absolute atomic E-state index is 13.2. The second-order valence-electron chi connectivity index (χ2n) is 4.85. The summed E-state index contributed by atoms with van der Waals surface area (Å²) in [6, 6.07) is 12.6. The third-order valence-electron chi connectivity index (χ3n) is 3.27. The molecule has 0 spiro atoms. The zero-order chi connectivity index (χ0) is 15.2. The highest BCUT2D eigenvalue weighted by Gasteiger charge is 2.16. The van der Waals surface area contributed by atoms with E-state index in [4.69, 9.17) is 0 Å². The Hall–Kier alpha value is -2.23. The van der Waals surface area contributed by atoms with E-state index < -0.39 is 17.5 Å². The summed E-state index contributed by atoms with van der Waals surface area (Å²) in [5, 5.41) is 2.87. The summed E-state index contributed by atoms with van der Waals surface area (Å²) in [6.45, 7) is 2.03. The molecule has 2 aromatic rings. The van der Waals surface area contributed by atoms with Crippen molar-refractivity contribution in [3.63, 3.8) is 0 Å². The van der Waals surface area contributed by atoms with Crippen LogP contribution in [-0.2, 0) is 0 Å². The summed E-state index contributed by atoms with van der Waals surface area (Å²) < 4.78 is 26.1. The van der Waals surface area contributed by atoms with Crippen LogP contribution in [0.15, 0.2) is 48.5 Å². The highest BCUT2D eigenvalue weighted by atomic mass is 19.2. The van der Waals surface area contributed by atoms with E-state index in [0.717, 1.165) is 30.5 Å². The molecule has 0 aromatic heterocycles. The first-order chi connectivity index (χ1) is 10.1. The number of hydrogen-bond acceptors (Lipinski definition) is 1. The summed E-state index contributed by atoms with van der Waals surface area (Å²) >= 11 is 0. The summed E-state index contributed by atoms with van der Waals surface area (Å²) in [6.07, 6.45) is 1.68. The molecular weight excluding hydrogens is 272 g/mol. The van der Waals surface area contributed by atoms with E-state index in [9.17, 15) is 13.6 Å². The number of carbonyl (C=O) groups is 1. The van der Waals surface area contributed by atoms with Gasteiger partial charge in [-0.25, -0.2) is 8.78 Å². The van der Waals surface area contributed by atoms with Gasteiger partial charge in [-0.2, -0.15) is 0 Å². The second-order valence-corrected chi connectivity index (χ2v) is 4.85. The maximum atomic E-state index is 13.2. The fourth-order valence-corrected chi connectivity index (χ4v) is 2.18. The first-order valence-corrected chi connectivity index (χ1v) is 6.92. The Balaban J connectivity index is 2.16. The standard InChI is InChI=1S/C17H17F2NO/c1-2-6-16(12-7-4-3-5-8-12)20-17(21)13-9-10-14(18)15(19)11-13/h3-5,7-11,16H,2,6H2,1H3,(H,20,21). The first kappa shape index (κ1) is 15.2. The Labute approximate surface area is 122 Å². The van der Waals surface area contributed by atoms with E-state index in [-0.39, 0.29) is 11.6 Å². The van der Waals surface area contributed by atoms with Gasteiger partial charge in [0, 0.05) is 5.56 Å². The minimum absolute atomic E-state index is 0.117. The Kier molecular flexibility index (Phi) is 5.04. The number of nitrogens with one attached hydrogen (secondary N) is 1. The average Bonchev–Trinajstić information content (AvgIpc) is 2.50. The van der Waals surface area contributed by atoms with Gasteiger partial charge in [0.25, 0.3) is 5.91 Å². The van der Waals surface area contributed by atoms with Gasteiger partial charge in [-0.15, -0.1) is 0 Å². The SMILES string of the molecule is CCCC(NC(=O)c1ccc(F)c(F)c1)c1ccccc1. The van der Waals surface area contributed by atoms with E-state index in [0.29, 0.717) is 0 Å². The summed E-state index contributed by atoms with van der Waals surface area (Å²) in [4.78, 5) is 12.2. The van der Waals surface area contributed by atoms with Gasteiger partial charge in [0.15, 0.2) is 11.6 Å². The normalized spacial score (nSPS) is 12.0. The fraction of sp³-hybridized carbons (Fsp3) is 0.235. The lowest BCUT2D eigenvalue weighted by atomic mass is 10.0. The molecular formula is C17H17F2NO. The van der Waals surface area contributed by atoms with E-state index in [1.165, 1.54) is 6.07 Å². The quantitative estimate of drug-likeness (QED) is 0.876. The molecule has 2 aromatic carbocycles. The number of rotatable bonds is 5. The minimum atomic E-state index is -1.02. The third-order valence-corrected chi connectivity index (χ3v) is 3.27.